The van der Waals surface area contributed by atoms with Crippen LogP contribution < -0.4 is 4.90 Å². The van der Waals surface area contributed by atoms with Gasteiger partial charge in [0.1, 0.15) is 12.7 Å². The molecule has 2 aromatic carbocycles. The van der Waals surface area contributed by atoms with E-state index in [1.807, 2.05) is 9.47 Å². The number of hydrogen-bond donors (Lipinski definition) is 0. The summed E-state index contributed by atoms with van der Waals surface area (Å²) in [6.45, 7) is 0.641. The Morgan fingerprint density at radius 1 is 0.897 bits per heavy atom. The number of alkyl halides is 6. The van der Waals surface area contributed by atoms with E-state index in [-0.39, 0.29) is 25.2 Å². The lowest BCUT2D eigenvalue weighted by Crippen LogP contribution is -2.66. The van der Waals surface area contributed by atoms with Crippen LogP contribution in [-0.2, 0) is 30.2 Å². The molecule has 39 heavy (non-hydrogen) atoms. The number of carbonyl (C=O) groups is 2. The van der Waals surface area contributed by atoms with Crippen molar-refractivity contribution in [2.45, 2.75) is 38.0 Å². The molecule has 0 bridgehead atoms. The fraction of sp³-hybridized carbons (Fsp3) is 0.346. The fourth-order valence-electron chi connectivity index (χ4n) is 4.96. The monoisotopic (exact) mass is 551 g/mol. The SMILES string of the molecule is O=C1CN2C(=O)c3cc(C(F)(F)F)ccc3N(CCCn3ccnc3)C2CN1Cc1ccc(C(F)(F)F)cc1. The van der Waals surface area contributed by atoms with Gasteiger partial charge in [0.05, 0.1) is 35.2 Å². The highest BCUT2D eigenvalue weighted by Crippen LogP contribution is 2.38. The molecule has 2 aliphatic rings. The van der Waals surface area contributed by atoms with E-state index in [9.17, 15) is 35.9 Å². The molecule has 13 heteroatoms. The molecule has 2 aliphatic heterocycles. The van der Waals surface area contributed by atoms with E-state index in [1.54, 1.807) is 18.7 Å². The van der Waals surface area contributed by atoms with Gasteiger partial charge in [0.2, 0.25) is 5.91 Å². The quantitative estimate of drug-likeness (QED) is 0.419. The van der Waals surface area contributed by atoms with Crippen molar-refractivity contribution in [2.75, 3.05) is 24.5 Å². The Hall–Kier alpha value is -4.03. The second-order valence-corrected chi connectivity index (χ2v) is 9.46. The van der Waals surface area contributed by atoms with Crippen LogP contribution in [0, 0.1) is 0 Å². The average Bonchev–Trinajstić information content (AvgIpc) is 3.39. The summed E-state index contributed by atoms with van der Waals surface area (Å²) in [5.74, 6) is -1.12. The summed E-state index contributed by atoms with van der Waals surface area (Å²) in [5.41, 5.74) is -1.08. The lowest BCUT2D eigenvalue weighted by Gasteiger charge is -2.50. The molecule has 1 aromatic heterocycles. The first-order valence-electron chi connectivity index (χ1n) is 12.1. The van der Waals surface area contributed by atoms with Crippen LogP contribution in [0.1, 0.15) is 33.5 Å². The number of rotatable bonds is 6. The van der Waals surface area contributed by atoms with Gasteiger partial charge < -0.3 is 19.3 Å². The van der Waals surface area contributed by atoms with Crippen molar-refractivity contribution in [3.63, 3.8) is 0 Å². The van der Waals surface area contributed by atoms with Crippen LogP contribution in [0.25, 0.3) is 0 Å². The summed E-state index contributed by atoms with van der Waals surface area (Å²) in [6.07, 6.45) is -4.17. The number of aryl methyl sites for hydroxylation is 1. The van der Waals surface area contributed by atoms with E-state index in [2.05, 4.69) is 4.98 Å². The standard InChI is InChI=1S/C26H23F6N5O2/c27-25(28,29)18-4-2-17(3-5-18)13-35-14-22-36(10-1-9-34-11-8-33-16-34)21-7-6-19(26(30,31)32)12-20(21)24(39)37(22)15-23(35)38/h2-8,11-12,16,22H,1,9-10,13-15H2. The van der Waals surface area contributed by atoms with Crippen LogP contribution in [0.2, 0.25) is 0 Å². The molecular formula is C26H23F6N5O2. The molecule has 0 N–H and O–H groups in total. The summed E-state index contributed by atoms with van der Waals surface area (Å²) in [6, 6.07) is 7.50. The second kappa shape index (κ2) is 9.93. The van der Waals surface area contributed by atoms with Gasteiger partial charge in [-0.15, -0.1) is 0 Å². The van der Waals surface area contributed by atoms with Crippen LogP contribution in [-0.4, -0.2) is 57.0 Å². The summed E-state index contributed by atoms with van der Waals surface area (Å²) < 4.78 is 80.9. The third-order valence-electron chi connectivity index (χ3n) is 6.92. The normalized spacial score (nSPS) is 17.9. The number of carbonyl (C=O) groups excluding carboxylic acids is 2. The summed E-state index contributed by atoms with van der Waals surface area (Å²) in [4.78, 5) is 34.8. The Balaban J connectivity index is 1.42. The third kappa shape index (κ3) is 5.43. The number of fused-ring (bicyclic) bond motifs is 2. The maximum absolute atomic E-state index is 13.4. The molecule has 1 unspecified atom stereocenters. The Morgan fingerprint density at radius 2 is 1.59 bits per heavy atom. The van der Waals surface area contributed by atoms with Crippen molar-refractivity contribution in [1.29, 1.82) is 0 Å². The van der Waals surface area contributed by atoms with E-state index in [0.717, 1.165) is 24.3 Å². The van der Waals surface area contributed by atoms with Gasteiger partial charge in [-0.3, -0.25) is 9.59 Å². The van der Waals surface area contributed by atoms with Gasteiger partial charge in [0.15, 0.2) is 0 Å². The van der Waals surface area contributed by atoms with E-state index < -0.39 is 41.5 Å². The number of benzene rings is 2. The Labute approximate surface area is 219 Å². The predicted octanol–water partition coefficient (Wildman–Crippen LogP) is 4.64. The van der Waals surface area contributed by atoms with Crippen LogP contribution in [0.3, 0.4) is 0 Å². The Morgan fingerprint density at radius 3 is 2.23 bits per heavy atom. The summed E-state index contributed by atoms with van der Waals surface area (Å²) >= 11 is 0. The van der Waals surface area contributed by atoms with E-state index >= 15 is 0 Å². The maximum Gasteiger partial charge on any atom is 0.416 e. The number of halogens is 6. The zero-order valence-electron chi connectivity index (χ0n) is 20.4. The molecule has 0 spiro atoms. The highest BCUT2D eigenvalue weighted by molar-refractivity contribution is 6.04. The van der Waals surface area contributed by atoms with Crippen molar-refractivity contribution in [1.82, 2.24) is 19.4 Å². The number of aromatic nitrogens is 2. The molecular weight excluding hydrogens is 528 g/mol. The molecule has 206 valence electrons. The van der Waals surface area contributed by atoms with Crippen molar-refractivity contribution in [2.24, 2.45) is 0 Å². The van der Waals surface area contributed by atoms with Gasteiger partial charge in [-0.1, -0.05) is 12.1 Å². The number of anilines is 1. The highest BCUT2D eigenvalue weighted by atomic mass is 19.4. The number of amides is 2. The van der Waals surface area contributed by atoms with E-state index in [4.69, 9.17) is 0 Å². The minimum absolute atomic E-state index is 0.0260. The van der Waals surface area contributed by atoms with Crippen LogP contribution in [0.5, 0.6) is 0 Å². The molecule has 0 saturated carbocycles. The molecule has 3 aromatic rings. The zero-order valence-corrected chi connectivity index (χ0v) is 20.4. The minimum atomic E-state index is -4.64. The Kier molecular flexibility index (Phi) is 6.77. The second-order valence-electron chi connectivity index (χ2n) is 9.46. The first-order valence-corrected chi connectivity index (χ1v) is 12.1. The van der Waals surface area contributed by atoms with Gasteiger partial charge in [0.25, 0.3) is 5.91 Å². The van der Waals surface area contributed by atoms with Gasteiger partial charge in [-0.25, -0.2) is 4.98 Å². The van der Waals surface area contributed by atoms with Crippen LogP contribution >= 0.6 is 0 Å². The molecule has 3 heterocycles. The molecule has 1 atom stereocenters. The van der Waals surface area contributed by atoms with Crippen molar-refractivity contribution in [3.05, 3.63) is 83.4 Å². The van der Waals surface area contributed by atoms with Gasteiger partial charge in [-0.2, -0.15) is 26.3 Å². The molecule has 2 amide bonds. The lowest BCUT2D eigenvalue weighted by molar-refractivity contribution is -0.139. The summed E-state index contributed by atoms with van der Waals surface area (Å²) in [5, 5.41) is 0. The van der Waals surface area contributed by atoms with E-state index in [0.29, 0.717) is 30.8 Å². The molecule has 0 aliphatic carbocycles. The zero-order chi connectivity index (χ0) is 27.9. The maximum atomic E-state index is 13.4. The first-order chi connectivity index (χ1) is 18.4. The topological polar surface area (TPSA) is 61.7 Å². The minimum Gasteiger partial charge on any atom is -0.349 e. The number of piperazine rings is 1. The largest absolute Gasteiger partial charge is 0.416 e. The van der Waals surface area contributed by atoms with Gasteiger partial charge >= 0.3 is 12.4 Å². The molecule has 1 saturated heterocycles. The Bertz CT molecular complexity index is 1350. The highest BCUT2D eigenvalue weighted by Gasteiger charge is 2.44. The van der Waals surface area contributed by atoms with Crippen LogP contribution in [0.15, 0.2) is 61.2 Å². The first kappa shape index (κ1) is 26.6. The summed E-state index contributed by atoms with van der Waals surface area (Å²) in [7, 11) is 0. The number of imidazole rings is 1. The predicted molar refractivity (Wildman–Crippen MR) is 127 cm³/mol. The van der Waals surface area contributed by atoms with Gasteiger partial charge in [-0.05, 0) is 42.3 Å². The molecule has 0 radical (unpaired) electrons. The van der Waals surface area contributed by atoms with Crippen molar-refractivity contribution < 1.29 is 35.9 Å². The van der Waals surface area contributed by atoms with Crippen LogP contribution in [0.4, 0.5) is 32.0 Å². The van der Waals surface area contributed by atoms with E-state index in [1.165, 1.54) is 28.0 Å². The van der Waals surface area contributed by atoms with Crippen molar-refractivity contribution in [3.8, 4) is 0 Å². The number of hydrogen-bond acceptors (Lipinski definition) is 4. The number of nitrogens with zero attached hydrogens (tertiary/aromatic N) is 5. The van der Waals surface area contributed by atoms with Gasteiger partial charge in [0, 0.05) is 32.0 Å². The average molecular weight is 551 g/mol. The molecule has 1 fully saturated rings. The smallest absolute Gasteiger partial charge is 0.349 e. The molecule has 5 rings (SSSR count). The fourth-order valence-corrected chi connectivity index (χ4v) is 4.96. The lowest BCUT2D eigenvalue weighted by atomic mass is 9.99. The third-order valence-corrected chi connectivity index (χ3v) is 6.92. The van der Waals surface area contributed by atoms with Crippen molar-refractivity contribution >= 4 is 17.5 Å². The molecule has 7 nitrogen and oxygen atoms in total.